The van der Waals surface area contributed by atoms with Crippen LogP contribution in [0.1, 0.15) is 22.8 Å². The highest BCUT2D eigenvalue weighted by molar-refractivity contribution is 6.34. The van der Waals surface area contributed by atoms with Crippen molar-refractivity contribution in [2.45, 2.75) is 6.92 Å². The molecule has 0 aliphatic heterocycles. The SMILES string of the molecule is COC(=O)/C(=C(/C)Nc1ccccc1)c1cccc(Cl)c1C(=O)O. The first-order valence-corrected chi connectivity index (χ1v) is 7.47. The number of hydrogen-bond donors (Lipinski definition) is 2. The minimum absolute atomic E-state index is 0.0499. The van der Waals surface area contributed by atoms with Crippen molar-refractivity contribution in [1.82, 2.24) is 0 Å². The van der Waals surface area contributed by atoms with Crippen molar-refractivity contribution in [3.63, 3.8) is 0 Å². The first-order valence-electron chi connectivity index (χ1n) is 7.09. The van der Waals surface area contributed by atoms with Gasteiger partial charge in [0.1, 0.15) is 0 Å². The molecule has 0 saturated heterocycles. The Balaban J connectivity index is 2.62. The van der Waals surface area contributed by atoms with E-state index in [0.29, 0.717) is 5.70 Å². The molecule has 0 saturated carbocycles. The lowest BCUT2D eigenvalue weighted by Crippen LogP contribution is -2.14. The molecule has 0 bridgehead atoms. The van der Waals surface area contributed by atoms with E-state index in [1.807, 2.05) is 30.3 Å². The molecule has 6 heteroatoms. The Morgan fingerprint density at radius 3 is 2.33 bits per heavy atom. The molecule has 0 spiro atoms. The number of aromatic carboxylic acids is 1. The van der Waals surface area contributed by atoms with E-state index in [2.05, 4.69) is 5.32 Å². The van der Waals surface area contributed by atoms with Crippen molar-refractivity contribution in [2.75, 3.05) is 12.4 Å². The van der Waals surface area contributed by atoms with E-state index in [4.69, 9.17) is 16.3 Å². The molecular formula is C18H16ClNO4. The number of para-hydroxylation sites is 1. The Morgan fingerprint density at radius 1 is 1.08 bits per heavy atom. The summed E-state index contributed by atoms with van der Waals surface area (Å²) in [6, 6.07) is 13.8. The Morgan fingerprint density at radius 2 is 1.75 bits per heavy atom. The van der Waals surface area contributed by atoms with Gasteiger partial charge >= 0.3 is 11.9 Å². The maximum Gasteiger partial charge on any atom is 0.340 e. The molecule has 24 heavy (non-hydrogen) atoms. The second-order valence-corrected chi connectivity index (χ2v) is 5.36. The monoisotopic (exact) mass is 345 g/mol. The number of ether oxygens (including phenoxy) is 1. The Bertz CT molecular complexity index is 800. The summed E-state index contributed by atoms with van der Waals surface area (Å²) in [5.74, 6) is -1.87. The molecule has 0 unspecified atom stereocenters. The molecule has 2 rings (SSSR count). The van der Waals surface area contributed by atoms with Gasteiger partial charge in [-0.15, -0.1) is 0 Å². The molecule has 0 amide bonds. The van der Waals surface area contributed by atoms with Gasteiger partial charge in [0.05, 0.1) is 23.3 Å². The van der Waals surface area contributed by atoms with Gasteiger partial charge in [-0.3, -0.25) is 0 Å². The topological polar surface area (TPSA) is 75.6 Å². The number of allylic oxidation sites excluding steroid dienone is 1. The zero-order chi connectivity index (χ0) is 17.7. The molecule has 0 radical (unpaired) electrons. The standard InChI is InChI=1S/C18H16ClNO4/c1-11(20-12-7-4-3-5-8-12)15(18(23)24-2)13-9-6-10-14(19)16(13)17(21)22/h3-10,20H,1-2H3,(H,21,22)/b15-11-. The van der Waals surface area contributed by atoms with Crippen molar-refractivity contribution < 1.29 is 19.4 Å². The van der Waals surface area contributed by atoms with Gasteiger partial charge in [0.15, 0.2) is 0 Å². The third kappa shape index (κ3) is 3.75. The number of halogens is 1. The highest BCUT2D eigenvalue weighted by Gasteiger charge is 2.24. The van der Waals surface area contributed by atoms with E-state index < -0.39 is 11.9 Å². The number of anilines is 1. The lowest BCUT2D eigenvalue weighted by Gasteiger charge is -2.15. The first-order chi connectivity index (χ1) is 11.5. The van der Waals surface area contributed by atoms with E-state index in [1.54, 1.807) is 13.0 Å². The Kier molecular flexibility index (Phi) is 5.60. The smallest absolute Gasteiger partial charge is 0.340 e. The van der Waals surface area contributed by atoms with Crippen LogP contribution in [-0.4, -0.2) is 24.2 Å². The summed E-state index contributed by atoms with van der Waals surface area (Å²) < 4.78 is 4.83. The number of esters is 1. The largest absolute Gasteiger partial charge is 0.478 e. The van der Waals surface area contributed by atoms with Crippen molar-refractivity contribution in [1.29, 1.82) is 0 Å². The number of carboxylic acid groups (broad SMARTS) is 1. The Labute approximate surface area is 144 Å². The van der Waals surface area contributed by atoms with Crippen LogP contribution in [0.5, 0.6) is 0 Å². The lowest BCUT2D eigenvalue weighted by atomic mass is 9.98. The van der Waals surface area contributed by atoms with E-state index in [0.717, 1.165) is 5.69 Å². The van der Waals surface area contributed by atoms with Gasteiger partial charge in [-0.05, 0) is 25.1 Å². The average Bonchev–Trinajstić information content (AvgIpc) is 2.55. The normalized spacial score (nSPS) is 11.5. The van der Waals surface area contributed by atoms with Gasteiger partial charge < -0.3 is 15.2 Å². The fourth-order valence-electron chi connectivity index (χ4n) is 2.32. The first kappa shape index (κ1) is 17.6. The van der Waals surface area contributed by atoms with Crippen LogP contribution in [0.3, 0.4) is 0 Å². The fourth-order valence-corrected chi connectivity index (χ4v) is 2.57. The van der Waals surface area contributed by atoms with Crippen molar-refractivity contribution in [3.05, 3.63) is 70.4 Å². The van der Waals surface area contributed by atoms with Gasteiger partial charge in [-0.1, -0.05) is 41.9 Å². The van der Waals surface area contributed by atoms with Gasteiger partial charge in [0, 0.05) is 16.9 Å². The van der Waals surface area contributed by atoms with E-state index >= 15 is 0 Å². The molecular weight excluding hydrogens is 330 g/mol. The number of methoxy groups -OCH3 is 1. The van der Waals surface area contributed by atoms with Crippen molar-refractivity contribution >= 4 is 34.8 Å². The van der Waals surface area contributed by atoms with Gasteiger partial charge in [-0.2, -0.15) is 0 Å². The number of benzene rings is 2. The summed E-state index contributed by atoms with van der Waals surface area (Å²) in [5.41, 5.74) is 1.38. The molecule has 0 atom stereocenters. The van der Waals surface area contributed by atoms with Gasteiger partial charge in [-0.25, -0.2) is 9.59 Å². The lowest BCUT2D eigenvalue weighted by molar-refractivity contribution is -0.133. The maximum atomic E-state index is 12.3. The highest BCUT2D eigenvalue weighted by Crippen LogP contribution is 2.29. The van der Waals surface area contributed by atoms with Crippen LogP contribution in [0.15, 0.2) is 54.2 Å². The molecule has 2 N–H and O–H groups in total. The molecule has 5 nitrogen and oxygen atoms in total. The summed E-state index contributed by atoms with van der Waals surface area (Å²) >= 11 is 6.01. The van der Waals surface area contributed by atoms with Crippen LogP contribution in [0.25, 0.3) is 5.57 Å². The molecule has 0 fully saturated rings. The summed E-state index contributed by atoms with van der Waals surface area (Å²) in [4.78, 5) is 23.8. The van der Waals surface area contributed by atoms with Crippen LogP contribution in [0, 0.1) is 0 Å². The quantitative estimate of drug-likeness (QED) is 0.631. The molecule has 124 valence electrons. The number of rotatable bonds is 5. The Hall–Kier alpha value is -2.79. The fraction of sp³-hybridized carbons (Fsp3) is 0.111. The highest BCUT2D eigenvalue weighted by atomic mass is 35.5. The average molecular weight is 346 g/mol. The molecule has 0 aromatic heterocycles. The van der Waals surface area contributed by atoms with E-state index in [-0.39, 0.29) is 21.7 Å². The minimum atomic E-state index is -1.22. The molecule has 0 heterocycles. The van der Waals surface area contributed by atoms with E-state index in [9.17, 15) is 14.7 Å². The summed E-state index contributed by atoms with van der Waals surface area (Å²) in [5, 5.41) is 12.6. The predicted octanol–water partition coefficient (Wildman–Crippen LogP) is 4.05. The van der Waals surface area contributed by atoms with Crippen molar-refractivity contribution in [2.24, 2.45) is 0 Å². The van der Waals surface area contributed by atoms with Gasteiger partial charge in [0.25, 0.3) is 0 Å². The predicted molar refractivity (Wildman–Crippen MR) is 93.1 cm³/mol. The minimum Gasteiger partial charge on any atom is -0.478 e. The third-order valence-corrected chi connectivity index (χ3v) is 3.68. The second-order valence-electron chi connectivity index (χ2n) is 4.95. The van der Waals surface area contributed by atoms with Crippen LogP contribution in [-0.2, 0) is 9.53 Å². The van der Waals surface area contributed by atoms with E-state index in [1.165, 1.54) is 19.2 Å². The van der Waals surface area contributed by atoms with Gasteiger partial charge in [0.2, 0.25) is 0 Å². The number of nitrogens with one attached hydrogen (secondary N) is 1. The maximum absolute atomic E-state index is 12.3. The zero-order valence-corrected chi connectivity index (χ0v) is 13.9. The third-order valence-electron chi connectivity index (χ3n) is 3.37. The second kappa shape index (κ2) is 7.66. The van der Waals surface area contributed by atoms with Crippen LogP contribution in [0.2, 0.25) is 5.02 Å². The molecule has 2 aromatic carbocycles. The summed E-state index contributed by atoms with van der Waals surface area (Å²) in [7, 11) is 1.24. The van der Waals surface area contributed by atoms with Crippen LogP contribution < -0.4 is 5.32 Å². The molecule has 0 aliphatic rings. The number of carboxylic acids is 1. The van der Waals surface area contributed by atoms with Crippen LogP contribution in [0.4, 0.5) is 5.69 Å². The molecule has 0 aliphatic carbocycles. The van der Waals surface area contributed by atoms with Crippen molar-refractivity contribution in [3.8, 4) is 0 Å². The summed E-state index contributed by atoms with van der Waals surface area (Å²) in [6.07, 6.45) is 0. The number of hydrogen-bond acceptors (Lipinski definition) is 4. The molecule has 2 aromatic rings. The zero-order valence-electron chi connectivity index (χ0n) is 13.2. The number of carbonyl (C=O) groups is 2. The summed E-state index contributed by atoms with van der Waals surface area (Å²) in [6.45, 7) is 1.67. The van der Waals surface area contributed by atoms with Crippen LogP contribution >= 0.6 is 11.6 Å². The number of carbonyl (C=O) groups excluding carboxylic acids is 1.